The molecule has 0 aromatic heterocycles. The molecule has 0 unspecified atom stereocenters. The fourth-order valence-corrected chi connectivity index (χ4v) is 2.64. The molecule has 1 radical (unpaired) electrons. The zero-order valence-electron chi connectivity index (χ0n) is 15.9. The molecule has 137 valence electrons. The van der Waals surface area contributed by atoms with Crippen LogP contribution in [0.5, 0.6) is 0 Å². The van der Waals surface area contributed by atoms with Crippen LogP contribution in [-0.2, 0) is 0 Å². The molecule has 0 spiro atoms. The van der Waals surface area contributed by atoms with Crippen molar-refractivity contribution in [3.63, 3.8) is 0 Å². The minimum atomic E-state index is -4.94. The van der Waals surface area contributed by atoms with Crippen LogP contribution in [0.25, 0.3) is 0 Å². The van der Waals surface area contributed by atoms with E-state index in [0.29, 0.717) is 0 Å². The van der Waals surface area contributed by atoms with Gasteiger partial charge in [0.2, 0.25) is 0 Å². The minimum Gasteiger partial charge on any atom is -0.324 e. The smallest absolute Gasteiger partial charge is 0.0786 e. The molecule has 0 aliphatic heterocycles. The maximum absolute atomic E-state index is 8.49. The maximum Gasteiger partial charge on any atom is 0.0786 e. The van der Waals surface area contributed by atoms with Crippen molar-refractivity contribution < 1.29 is 33.4 Å². The van der Waals surface area contributed by atoms with Crippen LogP contribution < -0.4 is 18.6 Å². The zero-order valence-corrected chi connectivity index (χ0v) is 18.7. The second-order valence-corrected chi connectivity index (χ2v) is 6.78. The quantitative estimate of drug-likeness (QED) is 0.356. The van der Waals surface area contributed by atoms with Gasteiger partial charge < -0.3 is 4.48 Å². The second-order valence-electron chi connectivity index (χ2n) is 6.03. The molecule has 0 saturated carbocycles. The maximum atomic E-state index is 8.49. The van der Waals surface area contributed by atoms with Crippen molar-refractivity contribution in [1.82, 2.24) is 0 Å². The summed E-state index contributed by atoms with van der Waals surface area (Å²) >= 11 is 0. The molecule has 0 saturated heterocycles. The first-order chi connectivity index (χ1) is 10.2. The Balaban J connectivity index is -0.000000578. The summed E-state index contributed by atoms with van der Waals surface area (Å²) in [5.74, 6) is 0. The Morgan fingerprint density at radius 2 is 0.739 bits per heavy atom. The molecule has 0 rings (SSSR count). The minimum absolute atomic E-state index is 0. The van der Waals surface area contributed by atoms with Gasteiger partial charge in [0.1, 0.15) is 0 Å². The normalized spacial score (nSPS) is 11.5. The molecular formula is C16H36ClNNaO4. The summed E-state index contributed by atoms with van der Waals surface area (Å²) in [6.45, 7) is 15.0. The van der Waals surface area contributed by atoms with Gasteiger partial charge >= 0.3 is 0 Å². The molecule has 0 fully saturated rings. The molecular weight excluding hydrogens is 329 g/mol. The molecule has 0 aromatic rings. The second kappa shape index (κ2) is 17.9. The third-order valence-electron chi connectivity index (χ3n) is 3.94. The summed E-state index contributed by atoms with van der Waals surface area (Å²) in [5.41, 5.74) is 0. The summed E-state index contributed by atoms with van der Waals surface area (Å²) in [5, 5.41) is 0. The third kappa shape index (κ3) is 23.1. The van der Waals surface area contributed by atoms with Crippen molar-refractivity contribution in [1.29, 1.82) is 0 Å². The summed E-state index contributed by atoms with van der Waals surface area (Å²) in [7, 11) is -4.94. The van der Waals surface area contributed by atoms with Gasteiger partial charge in [-0.3, -0.25) is 0 Å². The number of quaternary nitrogens is 1. The van der Waals surface area contributed by atoms with Crippen molar-refractivity contribution in [2.75, 3.05) is 26.2 Å². The summed E-state index contributed by atoms with van der Waals surface area (Å²) < 4.78 is 35.4. The average molecular weight is 365 g/mol. The monoisotopic (exact) mass is 364 g/mol. The van der Waals surface area contributed by atoms with E-state index in [9.17, 15) is 0 Å². The van der Waals surface area contributed by atoms with Crippen LogP contribution in [-0.4, -0.2) is 60.2 Å². The molecule has 0 aliphatic rings. The average Bonchev–Trinajstić information content (AvgIpc) is 2.44. The Bertz CT molecular complexity index is 197. The Morgan fingerprint density at radius 1 is 0.565 bits per heavy atom. The Hall–Kier alpha value is 1.09. The van der Waals surface area contributed by atoms with E-state index in [0.717, 1.165) is 0 Å². The van der Waals surface area contributed by atoms with Gasteiger partial charge in [-0.15, -0.1) is 10.2 Å². The van der Waals surface area contributed by atoms with Gasteiger partial charge in [0.05, 0.1) is 26.2 Å². The van der Waals surface area contributed by atoms with Gasteiger partial charge in [0.15, 0.2) is 0 Å². The van der Waals surface area contributed by atoms with Crippen molar-refractivity contribution in [2.24, 2.45) is 0 Å². The van der Waals surface area contributed by atoms with Gasteiger partial charge in [-0.25, -0.2) is 18.6 Å². The van der Waals surface area contributed by atoms with E-state index in [2.05, 4.69) is 27.7 Å². The topological polar surface area (TPSA) is 92.2 Å². The van der Waals surface area contributed by atoms with Gasteiger partial charge in [0.25, 0.3) is 0 Å². The summed E-state index contributed by atoms with van der Waals surface area (Å²) in [4.78, 5) is 0. The van der Waals surface area contributed by atoms with Crippen LogP contribution in [0, 0.1) is 10.2 Å². The number of rotatable bonds is 12. The molecule has 5 nitrogen and oxygen atoms in total. The van der Waals surface area contributed by atoms with E-state index >= 15 is 0 Å². The van der Waals surface area contributed by atoms with Crippen LogP contribution >= 0.6 is 0 Å². The molecule has 0 N–H and O–H groups in total. The van der Waals surface area contributed by atoms with Gasteiger partial charge in [-0.1, -0.05) is 53.4 Å². The fourth-order valence-electron chi connectivity index (χ4n) is 2.64. The first-order valence-electron chi connectivity index (χ1n) is 8.71. The Kier molecular flexibility index (Phi) is 22.5. The first kappa shape index (κ1) is 28.9. The van der Waals surface area contributed by atoms with Gasteiger partial charge in [0, 0.05) is 29.6 Å². The largest absolute Gasteiger partial charge is 0.324 e. The van der Waals surface area contributed by atoms with E-state index in [4.69, 9.17) is 18.6 Å². The van der Waals surface area contributed by atoms with E-state index in [-0.39, 0.29) is 29.6 Å². The van der Waals surface area contributed by atoms with Crippen molar-refractivity contribution in [2.45, 2.75) is 79.1 Å². The predicted molar refractivity (Wildman–Crippen MR) is 85.1 cm³/mol. The molecule has 0 aromatic carbocycles. The molecule has 0 atom stereocenters. The van der Waals surface area contributed by atoms with Gasteiger partial charge in [-0.2, -0.15) is 0 Å². The van der Waals surface area contributed by atoms with E-state index in [1.165, 1.54) is 82.0 Å². The fraction of sp³-hybridized carbons (Fsp3) is 1.00. The van der Waals surface area contributed by atoms with E-state index in [1.54, 1.807) is 0 Å². The molecule has 23 heavy (non-hydrogen) atoms. The van der Waals surface area contributed by atoms with Crippen molar-refractivity contribution in [3.05, 3.63) is 0 Å². The summed E-state index contributed by atoms with van der Waals surface area (Å²) in [6.07, 6.45) is 11.1. The standard InChI is InChI=1S/C16H36N.ClHO4.Na/c1-5-9-13-17(14-10-6-2,15-11-7-3)16-12-8-4;2-1(3,4)5;/h5-16H2,1-4H3;(H,2,3,4,5);/q+1;;/p-1. The predicted octanol–water partition coefficient (Wildman–Crippen LogP) is -0.133. The Labute approximate surface area is 167 Å². The number of halogens is 1. The van der Waals surface area contributed by atoms with E-state index < -0.39 is 10.2 Å². The van der Waals surface area contributed by atoms with Crippen LogP contribution in [0.15, 0.2) is 0 Å². The molecule has 0 bridgehead atoms. The summed E-state index contributed by atoms with van der Waals surface area (Å²) in [6, 6.07) is 0. The number of hydrogen-bond acceptors (Lipinski definition) is 4. The molecule has 0 amide bonds. The number of nitrogens with zero attached hydrogens (tertiary/aromatic N) is 1. The first-order valence-corrected chi connectivity index (χ1v) is 9.94. The van der Waals surface area contributed by atoms with Gasteiger partial charge in [-0.05, 0) is 25.7 Å². The van der Waals surface area contributed by atoms with Crippen molar-refractivity contribution >= 4 is 29.6 Å². The van der Waals surface area contributed by atoms with Crippen LogP contribution in [0.1, 0.15) is 79.1 Å². The van der Waals surface area contributed by atoms with Crippen LogP contribution in [0.2, 0.25) is 0 Å². The van der Waals surface area contributed by atoms with E-state index in [1.807, 2.05) is 0 Å². The van der Waals surface area contributed by atoms with Crippen LogP contribution in [0.4, 0.5) is 0 Å². The zero-order chi connectivity index (χ0) is 17.5. The van der Waals surface area contributed by atoms with Crippen LogP contribution in [0.3, 0.4) is 0 Å². The number of unbranched alkanes of at least 4 members (excludes halogenated alkanes) is 4. The Morgan fingerprint density at radius 3 is 0.870 bits per heavy atom. The molecule has 0 heterocycles. The van der Waals surface area contributed by atoms with Crippen molar-refractivity contribution in [3.8, 4) is 0 Å². The third-order valence-corrected chi connectivity index (χ3v) is 3.94. The number of hydrogen-bond donors (Lipinski definition) is 0. The SMILES string of the molecule is CCCC[N+](CCCC)(CCCC)CCCC.[Na].[O-][Cl+3]([O-])([O-])[O-]. The molecule has 7 heteroatoms. The molecule has 0 aliphatic carbocycles.